The maximum atomic E-state index is 10.8. The molecule has 0 aliphatic carbocycles. The summed E-state index contributed by atoms with van der Waals surface area (Å²) in [6.45, 7) is 1.73. The Hall–Kier alpha value is -1.33. The van der Waals surface area contributed by atoms with Crippen molar-refractivity contribution < 1.29 is 14.6 Å². The summed E-state index contributed by atoms with van der Waals surface area (Å²) >= 11 is 10.7. The molecule has 17 heavy (non-hydrogen) atoms. The summed E-state index contributed by atoms with van der Waals surface area (Å²) in [5.41, 5.74) is 5.99. The molecule has 0 aromatic heterocycles. The van der Waals surface area contributed by atoms with Crippen LogP contribution in [0.1, 0.15) is 18.9 Å². The Kier molecular flexibility index (Phi) is 4.72. The van der Waals surface area contributed by atoms with Crippen molar-refractivity contribution >= 4 is 34.8 Å². The molecule has 1 unspecified atom stereocenters. The SMILES string of the molecule is CCC(Oc1ccc(C(N)=S)c(Cl)c1)C(=O)O. The van der Waals surface area contributed by atoms with E-state index >= 15 is 0 Å². The Labute approximate surface area is 109 Å². The second kappa shape index (κ2) is 5.84. The number of carboxylic acid groups (broad SMARTS) is 1. The fraction of sp³-hybridized carbons (Fsp3) is 0.273. The number of carbonyl (C=O) groups is 1. The van der Waals surface area contributed by atoms with Crippen LogP contribution in [-0.2, 0) is 4.79 Å². The van der Waals surface area contributed by atoms with E-state index in [1.165, 1.54) is 6.07 Å². The molecule has 1 rings (SSSR count). The predicted octanol–water partition coefficient (Wildman–Crippen LogP) is 2.22. The average Bonchev–Trinajstić information content (AvgIpc) is 2.24. The third-order valence-electron chi connectivity index (χ3n) is 2.13. The van der Waals surface area contributed by atoms with Gasteiger partial charge in [0.2, 0.25) is 0 Å². The summed E-state index contributed by atoms with van der Waals surface area (Å²) < 4.78 is 5.27. The van der Waals surface area contributed by atoms with Gasteiger partial charge in [0, 0.05) is 5.56 Å². The number of rotatable bonds is 5. The quantitative estimate of drug-likeness (QED) is 0.805. The number of carboxylic acids is 1. The highest BCUT2D eigenvalue weighted by Gasteiger charge is 2.17. The molecule has 0 radical (unpaired) electrons. The molecular formula is C11H12ClNO3S. The second-order valence-corrected chi connectivity index (χ2v) is 4.21. The van der Waals surface area contributed by atoms with Crippen LogP contribution in [0.3, 0.4) is 0 Å². The van der Waals surface area contributed by atoms with E-state index in [0.717, 1.165) is 0 Å². The van der Waals surface area contributed by atoms with Gasteiger partial charge >= 0.3 is 5.97 Å². The minimum absolute atomic E-state index is 0.187. The minimum Gasteiger partial charge on any atom is -0.479 e. The van der Waals surface area contributed by atoms with Crippen LogP contribution in [0.5, 0.6) is 5.75 Å². The zero-order valence-electron chi connectivity index (χ0n) is 9.14. The van der Waals surface area contributed by atoms with Crippen LogP contribution in [0.2, 0.25) is 5.02 Å². The van der Waals surface area contributed by atoms with Gasteiger partial charge in [0.15, 0.2) is 6.10 Å². The van der Waals surface area contributed by atoms with E-state index in [0.29, 0.717) is 22.8 Å². The summed E-state index contributed by atoms with van der Waals surface area (Å²) in [6, 6.07) is 4.70. The van der Waals surface area contributed by atoms with Gasteiger partial charge in [-0.05, 0) is 24.6 Å². The van der Waals surface area contributed by atoms with E-state index in [4.69, 9.17) is 39.4 Å². The van der Waals surface area contributed by atoms with Crippen LogP contribution in [-0.4, -0.2) is 22.2 Å². The van der Waals surface area contributed by atoms with Gasteiger partial charge in [-0.1, -0.05) is 30.7 Å². The molecule has 0 saturated carbocycles. The van der Waals surface area contributed by atoms with Gasteiger partial charge < -0.3 is 15.6 Å². The van der Waals surface area contributed by atoms with Crippen molar-refractivity contribution in [1.82, 2.24) is 0 Å². The lowest BCUT2D eigenvalue weighted by Gasteiger charge is -2.14. The van der Waals surface area contributed by atoms with Gasteiger partial charge in [0.25, 0.3) is 0 Å². The molecule has 6 heteroatoms. The fourth-order valence-corrected chi connectivity index (χ4v) is 1.75. The highest BCUT2D eigenvalue weighted by Crippen LogP contribution is 2.23. The number of benzene rings is 1. The van der Waals surface area contributed by atoms with Gasteiger partial charge in [-0.3, -0.25) is 0 Å². The maximum absolute atomic E-state index is 10.8. The molecule has 0 bridgehead atoms. The molecule has 4 nitrogen and oxygen atoms in total. The van der Waals surface area contributed by atoms with Crippen molar-refractivity contribution in [2.45, 2.75) is 19.4 Å². The summed E-state index contributed by atoms with van der Waals surface area (Å²) in [4.78, 5) is 11.0. The lowest BCUT2D eigenvalue weighted by Crippen LogP contribution is -2.25. The van der Waals surface area contributed by atoms with Crippen LogP contribution in [0.4, 0.5) is 0 Å². The fourth-order valence-electron chi connectivity index (χ4n) is 1.24. The topological polar surface area (TPSA) is 72.5 Å². The van der Waals surface area contributed by atoms with Crippen LogP contribution in [0, 0.1) is 0 Å². The largest absolute Gasteiger partial charge is 0.479 e. The first-order valence-electron chi connectivity index (χ1n) is 4.94. The molecule has 0 amide bonds. The molecule has 0 aliphatic rings. The van der Waals surface area contributed by atoms with E-state index in [1.54, 1.807) is 19.1 Å². The Morgan fingerprint density at radius 1 is 1.65 bits per heavy atom. The number of halogens is 1. The van der Waals surface area contributed by atoms with Gasteiger partial charge in [0.1, 0.15) is 10.7 Å². The monoisotopic (exact) mass is 273 g/mol. The molecule has 3 N–H and O–H groups in total. The average molecular weight is 274 g/mol. The first-order valence-corrected chi connectivity index (χ1v) is 5.73. The van der Waals surface area contributed by atoms with Crippen molar-refractivity contribution in [3.63, 3.8) is 0 Å². The van der Waals surface area contributed by atoms with Crippen LogP contribution < -0.4 is 10.5 Å². The van der Waals surface area contributed by atoms with E-state index in [1.807, 2.05) is 0 Å². The number of ether oxygens (including phenoxy) is 1. The normalized spacial score (nSPS) is 11.9. The first kappa shape index (κ1) is 13.7. The highest BCUT2D eigenvalue weighted by atomic mass is 35.5. The molecular weight excluding hydrogens is 262 g/mol. The summed E-state index contributed by atoms with van der Waals surface area (Å²) in [6.07, 6.45) is -0.522. The Bertz CT molecular complexity index is 450. The third kappa shape index (κ3) is 3.57. The van der Waals surface area contributed by atoms with Crippen LogP contribution >= 0.6 is 23.8 Å². The third-order valence-corrected chi connectivity index (χ3v) is 2.66. The maximum Gasteiger partial charge on any atom is 0.344 e. The van der Waals surface area contributed by atoms with Crippen LogP contribution in [0.25, 0.3) is 0 Å². The molecule has 0 saturated heterocycles. The van der Waals surface area contributed by atoms with E-state index in [9.17, 15) is 4.79 Å². The second-order valence-electron chi connectivity index (χ2n) is 3.36. The number of hydrogen-bond donors (Lipinski definition) is 2. The molecule has 0 aliphatic heterocycles. The Morgan fingerprint density at radius 3 is 2.71 bits per heavy atom. The van der Waals surface area contributed by atoms with Crippen LogP contribution in [0.15, 0.2) is 18.2 Å². The molecule has 1 aromatic rings. The summed E-state index contributed by atoms with van der Waals surface area (Å²) in [5.74, 6) is -0.633. The standard InChI is InChI=1S/C11H12ClNO3S/c1-2-9(11(14)15)16-6-3-4-7(10(13)17)8(12)5-6/h3-5,9H,2H2,1H3,(H2,13,17)(H,14,15). The van der Waals surface area contributed by atoms with Gasteiger partial charge in [-0.15, -0.1) is 0 Å². The Balaban J connectivity index is 2.90. The van der Waals surface area contributed by atoms with Gasteiger partial charge in [0.05, 0.1) is 5.02 Å². The minimum atomic E-state index is -1.01. The number of thiocarbonyl (C=S) groups is 1. The summed E-state index contributed by atoms with van der Waals surface area (Å²) in [7, 11) is 0. The highest BCUT2D eigenvalue weighted by molar-refractivity contribution is 7.80. The van der Waals surface area contributed by atoms with E-state index in [-0.39, 0.29) is 4.99 Å². The number of nitrogens with two attached hydrogens (primary N) is 1. The summed E-state index contributed by atoms with van der Waals surface area (Å²) in [5, 5.41) is 9.19. The molecule has 0 fully saturated rings. The van der Waals surface area contributed by atoms with Crippen molar-refractivity contribution in [3.8, 4) is 5.75 Å². The Morgan fingerprint density at radius 2 is 2.29 bits per heavy atom. The predicted molar refractivity (Wildman–Crippen MR) is 69.7 cm³/mol. The zero-order valence-corrected chi connectivity index (χ0v) is 10.7. The number of hydrogen-bond acceptors (Lipinski definition) is 3. The van der Waals surface area contributed by atoms with E-state index < -0.39 is 12.1 Å². The van der Waals surface area contributed by atoms with Gasteiger partial charge in [-0.2, -0.15) is 0 Å². The van der Waals surface area contributed by atoms with Crippen molar-refractivity contribution in [2.75, 3.05) is 0 Å². The lowest BCUT2D eigenvalue weighted by molar-refractivity contribution is -0.145. The molecule has 92 valence electrons. The smallest absolute Gasteiger partial charge is 0.344 e. The van der Waals surface area contributed by atoms with Crippen molar-refractivity contribution in [2.24, 2.45) is 5.73 Å². The molecule has 0 heterocycles. The van der Waals surface area contributed by atoms with Crippen molar-refractivity contribution in [1.29, 1.82) is 0 Å². The van der Waals surface area contributed by atoms with Crippen molar-refractivity contribution in [3.05, 3.63) is 28.8 Å². The molecule has 0 spiro atoms. The lowest BCUT2D eigenvalue weighted by atomic mass is 10.2. The van der Waals surface area contributed by atoms with E-state index in [2.05, 4.69) is 0 Å². The zero-order chi connectivity index (χ0) is 13.0. The first-order chi connectivity index (χ1) is 7.95. The van der Waals surface area contributed by atoms with Gasteiger partial charge in [-0.25, -0.2) is 4.79 Å². The number of aliphatic carboxylic acids is 1. The molecule has 1 aromatic carbocycles. The molecule has 1 atom stereocenters.